The molecule has 0 fully saturated rings. The Hall–Kier alpha value is -3.66. The Kier molecular flexibility index (Phi) is 6.07. The number of rotatable bonds is 6. The smallest absolute Gasteiger partial charge is 0.266 e. The maximum absolute atomic E-state index is 12.8. The molecule has 0 saturated heterocycles. The van der Waals surface area contributed by atoms with Gasteiger partial charge >= 0.3 is 0 Å². The monoisotopic (exact) mass is 436 g/mol. The molecule has 4 aromatic rings. The van der Waals surface area contributed by atoms with Gasteiger partial charge in [0.05, 0.1) is 18.7 Å². The summed E-state index contributed by atoms with van der Waals surface area (Å²) >= 11 is 0. The number of ether oxygens (including phenoxy) is 1. The molecule has 0 radical (unpaired) electrons. The minimum Gasteiger partial charge on any atom is -0.496 e. The van der Waals surface area contributed by atoms with Crippen LogP contribution in [0.4, 0.5) is 0 Å². The van der Waals surface area contributed by atoms with Crippen LogP contribution < -0.4 is 10.3 Å². The number of nitrogens with zero attached hydrogens (tertiary/aromatic N) is 2. The van der Waals surface area contributed by atoms with E-state index in [1.54, 1.807) is 17.9 Å². The number of fused-ring (bicyclic) bond motifs is 1. The van der Waals surface area contributed by atoms with Gasteiger partial charge in [0.2, 0.25) is 0 Å². The van der Waals surface area contributed by atoms with E-state index in [1.165, 1.54) is 22.3 Å². The van der Waals surface area contributed by atoms with Gasteiger partial charge in [-0.25, -0.2) is 4.68 Å². The molecule has 4 heteroatoms. The van der Waals surface area contributed by atoms with Crippen molar-refractivity contribution in [1.82, 2.24) is 9.78 Å². The number of methoxy groups -OCH3 is 1. The van der Waals surface area contributed by atoms with E-state index in [-0.39, 0.29) is 11.5 Å². The highest BCUT2D eigenvalue weighted by molar-refractivity contribution is 5.42. The van der Waals surface area contributed by atoms with Crippen molar-refractivity contribution in [1.29, 1.82) is 0 Å². The number of hydrogen-bond acceptors (Lipinski definition) is 3. The molecule has 1 aliphatic carbocycles. The summed E-state index contributed by atoms with van der Waals surface area (Å²) in [6.45, 7) is 0.625. The van der Waals surface area contributed by atoms with Gasteiger partial charge in [-0.05, 0) is 59.6 Å². The minimum atomic E-state index is -0.0462. The number of aromatic nitrogens is 2. The molecule has 4 nitrogen and oxygen atoms in total. The molecule has 33 heavy (non-hydrogen) atoms. The van der Waals surface area contributed by atoms with Crippen LogP contribution in [0.25, 0.3) is 0 Å². The fourth-order valence-corrected chi connectivity index (χ4v) is 5.01. The van der Waals surface area contributed by atoms with Gasteiger partial charge in [-0.1, -0.05) is 72.8 Å². The largest absolute Gasteiger partial charge is 0.496 e. The molecule has 3 aromatic carbocycles. The Bertz CT molecular complexity index is 1240. The topological polar surface area (TPSA) is 44.1 Å². The molecule has 1 heterocycles. The van der Waals surface area contributed by atoms with Crippen LogP contribution in [0, 0.1) is 5.92 Å². The average Bonchev–Trinajstić information content (AvgIpc) is 2.87. The van der Waals surface area contributed by atoms with E-state index in [0.717, 1.165) is 30.7 Å². The fraction of sp³-hybridized carbons (Fsp3) is 0.241. The van der Waals surface area contributed by atoms with Gasteiger partial charge in [-0.15, -0.1) is 0 Å². The predicted octanol–water partition coefficient (Wildman–Crippen LogP) is 5.24. The van der Waals surface area contributed by atoms with Crippen molar-refractivity contribution >= 4 is 0 Å². The third-order valence-corrected chi connectivity index (χ3v) is 6.64. The van der Waals surface area contributed by atoms with E-state index in [9.17, 15) is 4.79 Å². The zero-order valence-corrected chi connectivity index (χ0v) is 18.9. The van der Waals surface area contributed by atoms with Crippen LogP contribution in [0.3, 0.4) is 0 Å². The van der Waals surface area contributed by atoms with Gasteiger partial charge in [0.1, 0.15) is 5.75 Å². The average molecular weight is 437 g/mol. The van der Waals surface area contributed by atoms with Gasteiger partial charge in [0.25, 0.3) is 5.56 Å². The molecule has 0 saturated carbocycles. The van der Waals surface area contributed by atoms with Crippen molar-refractivity contribution in [3.63, 3.8) is 0 Å². The second kappa shape index (κ2) is 9.45. The zero-order chi connectivity index (χ0) is 22.6. The van der Waals surface area contributed by atoms with Crippen molar-refractivity contribution in [2.24, 2.45) is 5.92 Å². The Balaban J connectivity index is 1.46. The second-order valence-corrected chi connectivity index (χ2v) is 8.74. The van der Waals surface area contributed by atoms with Crippen LogP contribution in [0.2, 0.25) is 0 Å². The molecular formula is C29H28N2O2. The summed E-state index contributed by atoms with van der Waals surface area (Å²) in [5.74, 6) is 1.32. The van der Waals surface area contributed by atoms with Gasteiger partial charge in [0.15, 0.2) is 0 Å². The highest BCUT2D eigenvalue weighted by atomic mass is 16.5. The predicted molar refractivity (Wildman–Crippen MR) is 131 cm³/mol. The Morgan fingerprint density at radius 3 is 2.27 bits per heavy atom. The third kappa shape index (κ3) is 4.47. The van der Waals surface area contributed by atoms with E-state index in [1.807, 2.05) is 24.3 Å². The molecule has 1 aliphatic rings. The molecule has 0 bridgehead atoms. The first-order valence-electron chi connectivity index (χ1n) is 11.6. The summed E-state index contributed by atoms with van der Waals surface area (Å²) in [5.41, 5.74) is 5.81. The summed E-state index contributed by atoms with van der Waals surface area (Å²) < 4.78 is 7.21. The molecule has 0 spiro atoms. The normalized spacial score (nSPS) is 15.3. The van der Waals surface area contributed by atoms with Crippen LogP contribution >= 0.6 is 0 Å². The van der Waals surface area contributed by atoms with Gasteiger partial charge in [-0.2, -0.15) is 5.10 Å². The van der Waals surface area contributed by atoms with Crippen molar-refractivity contribution in [3.8, 4) is 5.75 Å². The lowest BCUT2D eigenvalue weighted by Gasteiger charge is -2.26. The van der Waals surface area contributed by atoms with Crippen molar-refractivity contribution in [2.75, 3.05) is 7.11 Å². The maximum Gasteiger partial charge on any atom is 0.266 e. The van der Waals surface area contributed by atoms with Crippen LogP contribution in [-0.4, -0.2) is 16.9 Å². The quantitative estimate of drug-likeness (QED) is 0.415. The molecular weight excluding hydrogens is 408 g/mol. The van der Waals surface area contributed by atoms with E-state index in [2.05, 4.69) is 60.7 Å². The molecule has 0 amide bonds. The first kappa shape index (κ1) is 21.2. The molecule has 1 aromatic heterocycles. The molecule has 0 aliphatic heterocycles. The van der Waals surface area contributed by atoms with Crippen molar-refractivity contribution in [2.45, 2.75) is 31.7 Å². The Morgan fingerprint density at radius 1 is 0.909 bits per heavy atom. The summed E-state index contributed by atoms with van der Waals surface area (Å²) in [6, 6.07) is 30.6. The highest BCUT2D eigenvalue weighted by Gasteiger charge is 2.23. The van der Waals surface area contributed by atoms with Gasteiger partial charge in [-0.3, -0.25) is 4.79 Å². The van der Waals surface area contributed by atoms with E-state index >= 15 is 0 Å². The van der Waals surface area contributed by atoms with Crippen molar-refractivity contribution in [3.05, 3.63) is 129 Å². The highest BCUT2D eigenvalue weighted by Crippen LogP contribution is 2.33. The minimum absolute atomic E-state index is 0.0180. The number of hydrogen-bond donors (Lipinski definition) is 0. The van der Waals surface area contributed by atoms with Crippen LogP contribution in [0.15, 0.2) is 95.8 Å². The number of benzene rings is 3. The van der Waals surface area contributed by atoms with Gasteiger partial charge in [0, 0.05) is 12.6 Å². The lowest BCUT2D eigenvalue weighted by atomic mass is 9.83. The Labute approximate surface area is 194 Å². The molecule has 1 atom stereocenters. The van der Waals surface area contributed by atoms with Gasteiger partial charge < -0.3 is 4.74 Å². The molecule has 0 N–H and O–H groups in total. The maximum atomic E-state index is 12.8. The third-order valence-electron chi connectivity index (χ3n) is 6.64. The first-order chi connectivity index (χ1) is 16.2. The summed E-state index contributed by atoms with van der Waals surface area (Å²) in [7, 11) is 1.73. The summed E-state index contributed by atoms with van der Waals surface area (Å²) in [5, 5.41) is 4.89. The van der Waals surface area contributed by atoms with Crippen molar-refractivity contribution < 1.29 is 4.74 Å². The van der Waals surface area contributed by atoms with Crippen LogP contribution in [-0.2, 0) is 19.4 Å². The lowest BCUT2D eigenvalue weighted by molar-refractivity contribution is 0.353. The summed E-state index contributed by atoms with van der Waals surface area (Å²) in [6.07, 6.45) is 2.92. The molecule has 5 rings (SSSR count). The lowest BCUT2D eigenvalue weighted by Crippen LogP contribution is -2.30. The SMILES string of the molecule is COc1cccc2c1CCC(Cn1nc(C(c3ccccc3)c3ccccc3)ccc1=O)C2. The first-order valence-corrected chi connectivity index (χ1v) is 11.6. The zero-order valence-electron chi connectivity index (χ0n) is 18.9. The fourth-order valence-electron chi connectivity index (χ4n) is 5.01. The Morgan fingerprint density at radius 2 is 1.61 bits per heavy atom. The van der Waals surface area contributed by atoms with E-state index in [4.69, 9.17) is 9.84 Å². The second-order valence-electron chi connectivity index (χ2n) is 8.74. The van der Waals surface area contributed by atoms with Crippen LogP contribution in [0.5, 0.6) is 5.75 Å². The van der Waals surface area contributed by atoms with E-state index < -0.39 is 0 Å². The molecule has 166 valence electrons. The molecule has 1 unspecified atom stereocenters. The van der Waals surface area contributed by atoms with Crippen LogP contribution in [0.1, 0.15) is 40.3 Å². The standard InChI is InChI=1S/C29H28N2O2/c1-33-27-14-8-13-24-19-21(15-16-25(24)27)20-31-28(32)18-17-26(30-31)29(22-9-4-2-5-10-22)23-11-6-3-7-12-23/h2-14,17-18,21,29H,15-16,19-20H2,1H3. The van der Waals surface area contributed by atoms with E-state index in [0.29, 0.717) is 12.5 Å². The summed E-state index contributed by atoms with van der Waals surface area (Å²) in [4.78, 5) is 12.8.